The second-order valence-electron chi connectivity index (χ2n) is 6.06. The van der Waals surface area contributed by atoms with Crippen molar-refractivity contribution in [1.29, 1.82) is 0 Å². The summed E-state index contributed by atoms with van der Waals surface area (Å²) in [6.07, 6.45) is 7.54. The molecule has 0 bridgehead atoms. The molecule has 2 aromatic rings. The predicted octanol–water partition coefficient (Wildman–Crippen LogP) is 1.09. The van der Waals surface area contributed by atoms with Crippen LogP contribution < -0.4 is 10.6 Å². The number of aryl methyl sites for hydroxylation is 1. The van der Waals surface area contributed by atoms with Gasteiger partial charge in [0.15, 0.2) is 0 Å². The fourth-order valence-electron chi connectivity index (χ4n) is 3.11. The lowest BCUT2D eigenvalue weighted by atomic mass is 10.1. The standard InChI is InChI=1S/C15H21N7O/c1-2-12(9-23-7-1)19-13-5-6-16-15(21-13)20-11-3-4-14-17-10-18-22(14)8-11/h5-6,10-12H,1-4,7-9H2,(H2,16,19,20,21)/t11-,12-/m0/s1. The molecular formula is C15H21N7O. The van der Waals surface area contributed by atoms with Gasteiger partial charge in [-0.2, -0.15) is 10.1 Å². The lowest BCUT2D eigenvalue weighted by Gasteiger charge is -2.25. The van der Waals surface area contributed by atoms with Crippen molar-refractivity contribution in [2.24, 2.45) is 0 Å². The van der Waals surface area contributed by atoms with E-state index in [2.05, 4.69) is 30.7 Å². The number of hydrogen-bond donors (Lipinski definition) is 2. The van der Waals surface area contributed by atoms with Crippen LogP contribution in [0.4, 0.5) is 11.8 Å². The molecule has 122 valence electrons. The topological polar surface area (TPSA) is 89.8 Å². The lowest BCUT2D eigenvalue weighted by Crippen LogP contribution is -2.33. The molecule has 0 aromatic carbocycles. The summed E-state index contributed by atoms with van der Waals surface area (Å²) in [4.78, 5) is 13.2. The molecule has 2 aromatic heterocycles. The number of nitrogens with one attached hydrogen (secondary N) is 2. The van der Waals surface area contributed by atoms with Crippen LogP contribution >= 0.6 is 0 Å². The molecular weight excluding hydrogens is 294 g/mol. The molecule has 4 rings (SSSR count). The smallest absolute Gasteiger partial charge is 0.224 e. The first-order valence-corrected chi connectivity index (χ1v) is 8.17. The van der Waals surface area contributed by atoms with Crippen molar-refractivity contribution < 1.29 is 4.74 Å². The molecule has 8 heteroatoms. The Labute approximate surface area is 134 Å². The largest absolute Gasteiger partial charge is 0.379 e. The molecule has 0 spiro atoms. The highest BCUT2D eigenvalue weighted by Crippen LogP contribution is 2.17. The summed E-state index contributed by atoms with van der Waals surface area (Å²) in [5, 5.41) is 11.1. The fraction of sp³-hybridized carbons (Fsp3) is 0.600. The highest BCUT2D eigenvalue weighted by Gasteiger charge is 2.20. The first kappa shape index (κ1) is 14.4. The zero-order valence-corrected chi connectivity index (χ0v) is 13.0. The number of ether oxygens (including phenoxy) is 1. The van der Waals surface area contributed by atoms with Crippen LogP contribution in [0.25, 0.3) is 0 Å². The van der Waals surface area contributed by atoms with E-state index in [1.54, 1.807) is 12.5 Å². The third-order valence-corrected chi connectivity index (χ3v) is 4.31. The molecule has 8 nitrogen and oxygen atoms in total. The van der Waals surface area contributed by atoms with Crippen LogP contribution in [-0.4, -0.2) is 50.0 Å². The highest BCUT2D eigenvalue weighted by atomic mass is 16.5. The van der Waals surface area contributed by atoms with Crippen LogP contribution in [0.5, 0.6) is 0 Å². The summed E-state index contributed by atoms with van der Waals surface area (Å²) in [7, 11) is 0. The van der Waals surface area contributed by atoms with E-state index in [0.29, 0.717) is 12.0 Å². The van der Waals surface area contributed by atoms with Gasteiger partial charge in [0, 0.05) is 25.3 Å². The summed E-state index contributed by atoms with van der Waals surface area (Å²) >= 11 is 0. The van der Waals surface area contributed by atoms with Gasteiger partial charge in [-0.3, -0.25) is 0 Å². The van der Waals surface area contributed by atoms with Crippen molar-refractivity contribution in [1.82, 2.24) is 24.7 Å². The average molecular weight is 315 g/mol. The molecule has 1 fully saturated rings. The minimum atomic E-state index is 0.275. The molecule has 2 N–H and O–H groups in total. The Balaban J connectivity index is 1.38. The van der Waals surface area contributed by atoms with E-state index in [4.69, 9.17) is 4.74 Å². The van der Waals surface area contributed by atoms with Crippen LogP contribution in [0.15, 0.2) is 18.6 Å². The SMILES string of the molecule is c1cc(N[C@H]2CCCOC2)nc(N[C@H]2CCc3ncnn3C2)n1. The summed E-state index contributed by atoms with van der Waals surface area (Å²) < 4.78 is 7.44. The Kier molecular flexibility index (Phi) is 4.06. The van der Waals surface area contributed by atoms with Gasteiger partial charge in [0.1, 0.15) is 18.0 Å². The highest BCUT2D eigenvalue weighted by molar-refractivity contribution is 5.41. The number of hydrogen-bond acceptors (Lipinski definition) is 7. The Morgan fingerprint density at radius 1 is 1.17 bits per heavy atom. The molecule has 23 heavy (non-hydrogen) atoms. The fourth-order valence-corrected chi connectivity index (χ4v) is 3.11. The molecule has 1 saturated heterocycles. The molecule has 0 aliphatic carbocycles. The van der Waals surface area contributed by atoms with Crippen LogP contribution in [-0.2, 0) is 17.7 Å². The van der Waals surface area contributed by atoms with Crippen LogP contribution in [0.3, 0.4) is 0 Å². The monoisotopic (exact) mass is 315 g/mol. The van der Waals surface area contributed by atoms with Gasteiger partial charge in [0.05, 0.1) is 19.2 Å². The number of nitrogens with zero attached hydrogens (tertiary/aromatic N) is 5. The average Bonchev–Trinajstić information content (AvgIpc) is 3.04. The van der Waals surface area contributed by atoms with Crippen molar-refractivity contribution >= 4 is 11.8 Å². The molecule has 2 aliphatic rings. The van der Waals surface area contributed by atoms with Crippen molar-refractivity contribution in [3.05, 3.63) is 24.4 Å². The summed E-state index contributed by atoms with van der Waals surface area (Å²) in [5.74, 6) is 2.55. The molecule has 0 radical (unpaired) electrons. The van der Waals surface area contributed by atoms with E-state index in [-0.39, 0.29) is 6.04 Å². The first-order valence-electron chi connectivity index (χ1n) is 8.17. The molecule has 0 amide bonds. The van der Waals surface area contributed by atoms with E-state index in [1.165, 1.54) is 0 Å². The van der Waals surface area contributed by atoms with Gasteiger partial charge in [-0.05, 0) is 25.3 Å². The lowest BCUT2D eigenvalue weighted by molar-refractivity contribution is 0.0875. The summed E-state index contributed by atoms with van der Waals surface area (Å²) in [6.45, 7) is 2.40. The third kappa shape index (κ3) is 3.42. The maximum absolute atomic E-state index is 5.49. The van der Waals surface area contributed by atoms with E-state index < -0.39 is 0 Å². The second kappa shape index (κ2) is 6.49. The Morgan fingerprint density at radius 3 is 3.09 bits per heavy atom. The Morgan fingerprint density at radius 2 is 2.17 bits per heavy atom. The van der Waals surface area contributed by atoms with E-state index >= 15 is 0 Å². The first-order chi connectivity index (χ1) is 11.4. The minimum Gasteiger partial charge on any atom is -0.379 e. The van der Waals surface area contributed by atoms with Crippen LogP contribution in [0, 0.1) is 0 Å². The van der Waals surface area contributed by atoms with Gasteiger partial charge in [-0.1, -0.05) is 0 Å². The van der Waals surface area contributed by atoms with Gasteiger partial charge in [-0.15, -0.1) is 0 Å². The molecule has 0 unspecified atom stereocenters. The number of fused-ring (bicyclic) bond motifs is 1. The Hall–Kier alpha value is -2.22. The molecule has 4 heterocycles. The third-order valence-electron chi connectivity index (χ3n) is 4.31. The summed E-state index contributed by atoms with van der Waals surface area (Å²) in [6, 6.07) is 2.51. The molecule has 2 atom stereocenters. The number of anilines is 2. The van der Waals surface area contributed by atoms with E-state index in [0.717, 1.165) is 57.1 Å². The predicted molar refractivity (Wildman–Crippen MR) is 85.2 cm³/mol. The number of aromatic nitrogens is 5. The Bertz CT molecular complexity index is 653. The van der Waals surface area contributed by atoms with Gasteiger partial charge < -0.3 is 15.4 Å². The van der Waals surface area contributed by atoms with Crippen molar-refractivity contribution in [3.63, 3.8) is 0 Å². The van der Waals surface area contributed by atoms with Crippen LogP contribution in [0.1, 0.15) is 25.1 Å². The van der Waals surface area contributed by atoms with Gasteiger partial charge in [0.2, 0.25) is 5.95 Å². The van der Waals surface area contributed by atoms with E-state index in [1.807, 2.05) is 10.7 Å². The zero-order chi connectivity index (χ0) is 15.5. The van der Waals surface area contributed by atoms with Crippen molar-refractivity contribution in [3.8, 4) is 0 Å². The zero-order valence-electron chi connectivity index (χ0n) is 13.0. The van der Waals surface area contributed by atoms with E-state index in [9.17, 15) is 0 Å². The van der Waals surface area contributed by atoms with Gasteiger partial charge in [0.25, 0.3) is 0 Å². The quantitative estimate of drug-likeness (QED) is 0.872. The maximum atomic E-state index is 5.49. The maximum Gasteiger partial charge on any atom is 0.224 e. The van der Waals surface area contributed by atoms with Gasteiger partial charge >= 0.3 is 0 Å². The van der Waals surface area contributed by atoms with Crippen LogP contribution in [0.2, 0.25) is 0 Å². The number of rotatable bonds is 4. The normalized spacial score (nSPS) is 24.0. The van der Waals surface area contributed by atoms with Gasteiger partial charge in [-0.25, -0.2) is 14.6 Å². The summed E-state index contributed by atoms with van der Waals surface area (Å²) in [5.41, 5.74) is 0. The molecule has 2 aliphatic heterocycles. The minimum absolute atomic E-state index is 0.275. The second-order valence-corrected chi connectivity index (χ2v) is 6.06. The molecule has 0 saturated carbocycles. The van der Waals surface area contributed by atoms with Crippen molar-refractivity contribution in [2.45, 2.75) is 44.3 Å². The van der Waals surface area contributed by atoms with Crippen molar-refractivity contribution in [2.75, 3.05) is 23.8 Å².